The SMILES string of the molecule is Nc1cccnc1NC(=O)C1COCCO1. The molecule has 3 N–H and O–H groups in total. The topological polar surface area (TPSA) is 86.5 Å². The Labute approximate surface area is 92.7 Å². The van der Waals surface area contributed by atoms with Crippen LogP contribution in [0.3, 0.4) is 0 Å². The zero-order chi connectivity index (χ0) is 11.4. The Kier molecular flexibility index (Phi) is 3.33. The molecule has 1 fully saturated rings. The Morgan fingerprint density at radius 2 is 2.44 bits per heavy atom. The number of nitrogen functional groups attached to an aromatic ring is 1. The molecular formula is C10H13N3O3. The summed E-state index contributed by atoms with van der Waals surface area (Å²) < 4.78 is 10.4. The molecule has 1 unspecified atom stereocenters. The van der Waals surface area contributed by atoms with Crippen molar-refractivity contribution in [1.29, 1.82) is 0 Å². The fourth-order valence-electron chi connectivity index (χ4n) is 1.36. The number of carbonyl (C=O) groups is 1. The summed E-state index contributed by atoms with van der Waals surface area (Å²) in [5.74, 6) is 0.0618. The summed E-state index contributed by atoms with van der Waals surface area (Å²) in [6, 6.07) is 3.37. The Balaban J connectivity index is 1.99. The highest BCUT2D eigenvalue weighted by atomic mass is 16.6. The summed E-state index contributed by atoms with van der Waals surface area (Å²) >= 11 is 0. The fraction of sp³-hybridized carbons (Fsp3) is 0.400. The minimum absolute atomic E-state index is 0.262. The molecule has 0 saturated carbocycles. The van der Waals surface area contributed by atoms with Crippen LogP contribution >= 0.6 is 0 Å². The maximum Gasteiger partial charge on any atom is 0.257 e. The summed E-state index contributed by atoms with van der Waals surface area (Å²) in [5, 5.41) is 2.60. The van der Waals surface area contributed by atoms with Crippen molar-refractivity contribution in [3.8, 4) is 0 Å². The van der Waals surface area contributed by atoms with Gasteiger partial charge in [0.2, 0.25) is 0 Å². The fourth-order valence-corrected chi connectivity index (χ4v) is 1.36. The lowest BCUT2D eigenvalue weighted by Gasteiger charge is -2.21. The van der Waals surface area contributed by atoms with Gasteiger partial charge in [-0.15, -0.1) is 0 Å². The van der Waals surface area contributed by atoms with Crippen molar-refractivity contribution in [2.75, 3.05) is 30.9 Å². The highest BCUT2D eigenvalue weighted by Gasteiger charge is 2.23. The second-order valence-corrected chi connectivity index (χ2v) is 3.36. The van der Waals surface area contributed by atoms with Crippen molar-refractivity contribution in [2.24, 2.45) is 0 Å². The maximum atomic E-state index is 11.7. The molecule has 0 bridgehead atoms. The van der Waals surface area contributed by atoms with Gasteiger partial charge in [0, 0.05) is 6.20 Å². The van der Waals surface area contributed by atoms with Gasteiger partial charge in [0.25, 0.3) is 5.91 Å². The van der Waals surface area contributed by atoms with Crippen LogP contribution in [0.4, 0.5) is 11.5 Å². The summed E-state index contributed by atoms with van der Waals surface area (Å²) in [7, 11) is 0. The first kappa shape index (κ1) is 10.8. The molecule has 0 aliphatic carbocycles. The molecule has 1 amide bonds. The summed E-state index contributed by atoms with van der Waals surface area (Å²) in [6.45, 7) is 1.21. The molecule has 6 nitrogen and oxygen atoms in total. The van der Waals surface area contributed by atoms with Gasteiger partial charge in [-0.2, -0.15) is 0 Å². The quantitative estimate of drug-likeness (QED) is 0.738. The van der Waals surface area contributed by atoms with Crippen molar-refractivity contribution < 1.29 is 14.3 Å². The van der Waals surface area contributed by atoms with Gasteiger partial charge in [0.15, 0.2) is 11.9 Å². The smallest absolute Gasteiger partial charge is 0.257 e. The van der Waals surface area contributed by atoms with Crippen molar-refractivity contribution in [3.05, 3.63) is 18.3 Å². The molecule has 0 spiro atoms. The van der Waals surface area contributed by atoms with E-state index in [2.05, 4.69) is 10.3 Å². The number of hydrogen-bond acceptors (Lipinski definition) is 5. The first-order chi connectivity index (χ1) is 7.77. The third-order valence-electron chi connectivity index (χ3n) is 2.19. The molecule has 6 heteroatoms. The Hall–Kier alpha value is -1.66. The largest absolute Gasteiger partial charge is 0.396 e. The molecule has 1 aromatic heterocycles. The standard InChI is InChI=1S/C10H13N3O3/c11-7-2-1-3-12-9(7)13-10(14)8-6-15-4-5-16-8/h1-3,8H,4-6,11H2,(H,12,13,14). The third kappa shape index (κ3) is 2.47. The van der Waals surface area contributed by atoms with E-state index in [9.17, 15) is 4.79 Å². The molecule has 2 rings (SSSR count). The highest BCUT2D eigenvalue weighted by molar-refractivity contribution is 5.95. The van der Waals surface area contributed by atoms with E-state index >= 15 is 0 Å². The number of nitrogens with zero attached hydrogens (tertiary/aromatic N) is 1. The second kappa shape index (κ2) is 4.91. The van der Waals surface area contributed by atoms with Crippen LogP contribution in [0.2, 0.25) is 0 Å². The summed E-state index contributed by atoms with van der Waals surface area (Å²) in [4.78, 5) is 15.7. The maximum absolute atomic E-state index is 11.7. The van der Waals surface area contributed by atoms with Crippen LogP contribution < -0.4 is 11.1 Å². The van der Waals surface area contributed by atoms with Crippen LogP contribution in [0, 0.1) is 0 Å². The Morgan fingerprint density at radius 1 is 1.56 bits per heavy atom. The first-order valence-corrected chi connectivity index (χ1v) is 4.98. The Morgan fingerprint density at radius 3 is 3.12 bits per heavy atom. The number of ether oxygens (including phenoxy) is 2. The van der Waals surface area contributed by atoms with E-state index < -0.39 is 6.10 Å². The normalized spacial score (nSPS) is 20.4. The molecule has 86 valence electrons. The monoisotopic (exact) mass is 223 g/mol. The van der Waals surface area contributed by atoms with E-state index in [-0.39, 0.29) is 12.5 Å². The van der Waals surface area contributed by atoms with Gasteiger partial charge in [-0.05, 0) is 12.1 Å². The number of rotatable bonds is 2. The number of nitrogens with one attached hydrogen (secondary N) is 1. The Bertz CT molecular complexity index is 377. The predicted molar refractivity (Wildman–Crippen MR) is 57.8 cm³/mol. The number of hydrogen-bond donors (Lipinski definition) is 2. The summed E-state index contributed by atoms with van der Waals surface area (Å²) in [5.41, 5.74) is 6.07. The lowest BCUT2D eigenvalue weighted by molar-refractivity contribution is -0.142. The lowest BCUT2D eigenvalue weighted by Crippen LogP contribution is -2.39. The molecule has 1 atom stereocenters. The zero-order valence-electron chi connectivity index (χ0n) is 8.68. The van der Waals surface area contributed by atoms with Gasteiger partial charge in [-0.1, -0.05) is 0 Å². The number of aromatic nitrogens is 1. The van der Waals surface area contributed by atoms with Crippen LogP contribution in [0.5, 0.6) is 0 Å². The third-order valence-corrected chi connectivity index (χ3v) is 2.19. The van der Waals surface area contributed by atoms with E-state index in [0.717, 1.165) is 0 Å². The van der Waals surface area contributed by atoms with E-state index in [1.165, 1.54) is 0 Å². The lowest BCUT2D eigenvalue weighted by atomic mass is 10.3. The van der Waals surface area contributed by atoms with Gasteiger partial charge in [-0.25, -0.2) is 4.98 Å². The second-order valence-electron chi connectivity index (χ2n) is 3.36. The highest BCUT2D eigenvalue weighted by Crippen LogP contribution is 2.14. The number of nitrogens with two attached hydrogens (primary N) is 1. The molecular weight excluding hydrogens is 210 g/mol. The van der Waals surface area contributed by atoms with Gasteiger partial charge >= 0.3 is 0 Å². The van der Waals surface area contributed by atoms with Crippen LogP contribution in [-0.4, -0.2) is 36.8 Å². The molecule has 0 aromatic carbocycles. The molecule has 2 heterocycles. The van der Waals surface area contributed by atoms with E-state index in [1.54, 1.807) is 18.3 Å². The number of pyridine rings is 1. The number of amides is 1. The summed E-state index contributed by atoms with van der Waals surface area (Å²) in [6.07, 6.45) is 0.972. The average Bonchev–Trinajstić information content (AvgIpc) is 2.33. The molecule has 1 aliphatic rings. The van der Waals surface area contributed by atoms with E-state index in [1.807, 2.05) is 0 Å². The van der Waals surface area contributed by atoms with Crippen LogP contribution in [-0.2, 0) is 14.3 Å². The van der Waals surface area contributed by atoms with Crippen LogP contribution in [0.1, 0.15) is 0 Å². The predicted octanol–water partition coefficient (Wildman–Crippen LogP) is 0.0177. The van der Waals surface area contributed by atoms with E-state index in [0.29, 0.717) is 24.7 Å². The average molecular weight is 223 g/mol. The molecule has 1 saturated heterocycles. The minimum atomic E-state index is -0.588. The number of anilines is 2. The van der Waals surface area contributed by atoms with Gasteiger partial charge in [0.05, 0.1) is 25.5 Å². The van der Waals surface area contributed by atoms with Crippen LogP contribution in [0.15, 0.2) is 18.3 Å². The molecule has 1 aliphatic heterocycles. The zero-order valence-corrected chi connectivity index (χ0v) is 8.68. The molecule has 16 heavy (non-hydrogen) atoms. The van der Waals surface area contributed by atoms with Crippen molar-refractivity contribution in [1.82, 2.24) is 4.98 Å². The van der Waals surface area contributed by atoms with Crippen LogP contribution in [0.25, 0.3) is 0 Å². The van der Waals surface area contributed by atoms with Gasteiger partial charge < -0.3 is 20.5 Å². The van der Waals surface area contributed by atoms with Crippen molar-refractivity contribution in [2.45, 2.75) is 6.10 Å². The van der Waals surface area contributed by atoms with Crippen molar-refractivity contribution >= 4 is 17.4 Å². The van der Waals surface area contributed by atoms with Gasteiger partial charge in [-0.3, -0.25) is 4.79 Å². The number of carbonyl (C=O) groups excluding carboxylic acids is 1. The van der Waals surface area contributed by atoms with Crippen molar-refractivity contribution in [3.63, 3.8) is 0 Å². The van der Waals surface area contributed by atoms with Gasteiger partial charge in [0.1, 0.15) is 0 Å². The molecule has 1 aromatic rings. The van der Waals surface area contributed by atoms with E-state index in [4.69, 9.17) is 15.2 Å². The first-order valence-electron chi connectivity index (χ1n) is 4.98. The molecule has 0 radical (unpaired) electrons. The minimum Gasteiger partial charge on any atom is -0.396 e.